The third-order valence-electron chi connectivity index (χ3n) is 8.46. The second-order valence-electron chi connectivity index (χ2n) is 13.9. The Bertz CT molecular complexity index is 925. The third-order valence-corrected chi connectivity index (χ3v) is 8.46. The molecule has 2 fully saturated rings. The number of likely N-dealkylation sites (tertiary alicyclic amines) is 1. The van der Waals surface area contributed by atoms with Gasteiger partial charge in [-0.15, -0.1) is 0 Å². The van der Waals surface area contributed by atoms with Crippen molar-refractivity contribution in [3.05, 3.63) is 0 Å². The number of carbonyl (C=O) groups excluding carboxylic acids is 5. The van der Waals surface area contributed by atoms with Gasteiger partial charge in [-0.2, -0.15) is 0 Å². The van der Waals surface area contributed by atoms with Gasteiger partial charge in [0.2, 0.25) is 17.7 Å². The summed E-state index contributed by atoms with van der Waals surface area (Å²) < 4.78 is 5.34. The lowest BCUT2D eigenvalue weighted by molar-refractivity contribution is -0.155. The van der Waals surface area contributed by atoms with E-state index in [-0.39, 0.29) is 65.7 Å². The summed E-state index contributed by atoms with van der Waals surface area (Å²) in [6, 6.07) is -2.24. The van der Waals surface area contributed by atoms with Crippen LogP contribution in [0.5, 0.6) is 0 Å². The van der Waals surface area contributed by atoms with Gasteiger partial charge in [-0.05, 0) is 68.1 Å². The van der Waals surface area contributed by atoms with Crippen molar-refractivity contribution in [2.24, 2.45) is 29.1 Å². The average Bonchev–Trinajstić information content (AvgIpc) is 3.47. The van der Waals surface area contributed by atoms with Crippen LogP contribution in [-0.2, 0) is 28.7 Å². The lowest BCUT2D eigenvalue weighted by Gasteiger charge is -2.33. The van der Waals surface area contributed by atoms with E-state index in [9.17, 15) is 24.0 Å². The molecule has 2 aliphatic rings. The molecule has 41 heavy (non-hydrogen) atoms. The van der Waals surface area contributed by atoms with E-state index in [2.05, 4.69) is 31.4 Å². The fourth-order valence-electron chi connectivity index (χ4n) is 6.02. The fraction of sp³-hybridized carbons (Fsp3) is 0.844. The first-order chi connectivity index (χ1) is 19.2. The number of ketones is 1. The normalized spacial score (nSPS) is 21.9. The van der Waals surface area contributed by atoms with Crippen LogP contribution in [0.4, 0.5) is 0 Å². The van der Waals surface area contributed by atoms with Gasteiger partial charge in [-0.3, -0.25) is 19.2 Å². The van der Waals surface area contributed by atoms with E-state index in [4.69, 9.17) is 4.74 Å². The summed E-state index contributed by atoms with van der Waals surface area (Å²) in [6.45, 7) is 16.3. The average molecular weight is 578 g/mol. The molecule has 1 saturated carbocycles. The molecule has 9 nitrogen and oxygen atoms in total. The molecule has 234 valence electrons. The van der Waals surface area contributed by atoms with Gasteiger partial charge in [-0.25, -0.2) is 4.79 Å². The van der Waals surface area contributed by atoms with Crippen LogP contribution in [0.15, 0.2) is 0 Å². The van der Waals surface area contributed by atoms with Crippen molar-refractivity contribution in [3.8, 4) is 0 Å². The number of unbranched alkanes of at least 4 members (excludes halogenated alkanes) is 1. The van der Waals surface area contributed by atoms with Crippen LogP contribution in [-0.4, -0.2) is 65.7 Å². The number of rotatable bonds is 15. The van der Waals surface area contributed by atoms with Crippen molar-refractivity contribution in [1.29, 1.82) is 0 Å². The first-order valence-electron chi connectivity index (χ1n) is 15.7. The van der Waals surface area contributed by atoms with E-state index < -0.39 is 24.0 Å². The van der Waals surface area contributed by atoms with Crippen LogP contribution in [0, 0.1) is 29.1 Å². The van der Waals surface area contributed by atoms with Crippen molar-refractivity contribution in [2.45, 2.75) is 131 Å². The van der Waals surface area contributed by atoms with Gasteiger partial charge in [0, 0.05) is 25.8 Å². The van der Waals surface area contributed by atoms with Gasteiger partial charge in [0.25, 0.3) is 0 Å². The number of hydrogen-bond donors (Lipinski definition) is 2. The van der Waals surface area contributed by atoms with E-state index in [0.29, 0.717) is 32.2 Å². The van der Waals surface area contributed by atoms with Crippen molar-refractivity contribution >= 4 is 29.5 Å². The van der Waals surface area contributed by atoms with E-state index in [1.54, 1.807) is 11.8 Å². The van der Waals surface area contributed by atoms with Crippen molar-refractivity contribution < 1.29 is 28.7 Å². The van der Waals surface area contributed by atoms with Crippen molar-refractivity contribution in [1.82, 2.24) is 15.5 Å². The molecule has 1 saturated heterocycles. The summed E-state index contributed by atoms with van der Waals surface area (Å²) in [7, 11) is 0. The zero-order chi connectivity index (χ0) is 30.9. The molecule has 1 heterocycles. The summed E-state index contributed by atoms with van der Waals surface area (Å²) in [5.74, 6) is -1.12. The number of fused-ring (bicyclic) bond motifs is 1. The monoisotopic (exact) mass is 577 g/mol. The highest BCUT2D eigenvalue weighted by molar-refractivity contribution is 5.94. The number of nitrogens with zero attached hydrogens (tertiary/aromatic N) is 1. The molecular weight excluding hydrogens is 522 g/mol. The van der Waals surface area contributed by atoms with E-state index in [0.717, 1.165) is 25.7 Å². The second-order valence-corrected chi connectivity index (χ2v) is 13.9. The molecule has 2 N–H and O–H groups in total. The maximum absolute atomic E-state index is 13.8. The maximum Gasteiger partial charge on any atom is 0.329 e. The minimum absolute atomic E-state index is 0.0954. The maximum atomic E-state index is 13.8. The lowest BCUT2D eigenvalue weighted by atomic mass is 9.89. The number of Topliss-reactive ketones (excluding diaryl/α,β-unsaturated/α-hetero) is 1. The minimum Gasteiger partial charge on any atom is -0.464 e. The van der Waals surface area contributed by atoms with Crippen molar-refractivity contribution in [2.75, 3.05) is 13.2 Å². The zero-order valence-corrected chi connectivity index (χ0v) is 26.7. The van der Waals surface area contributed by atoms with Gasteiger partial charge in [-0.1, -0.05) is 54.9 Å². The Kier molecular flexibility index (Phi) is 13.3. The minimum atomic E-state index is -0.824. The molecule has 0 aromatic rings. The SMILES string of the molecule is CCOC(=O)[C@@H]1[C@H]2CCC[C@H]2CN1C(=O)[C@@H](NC(=O)[C@@H](NC(=O)CCCCC(=O)CCC(C)(C)C)C(C)C)C(C)C. The predicted molar refractivity (Wildman–Crippen MR) is 159 cm³/mol. The molecule has 5 atom stereocenters. The number of esters is 1. The Morgan fingerprint density at radius 2 is 1.51 bits per heavy atom. The van der Waals surface area contributed by atoms with Crippen LogP contribution in [0.1, 0.15) is 113 Å². The number of amides is 3. The molecular formula is C32H55N3O6. The fourth-order valence-corrected chi connectivity index (χ4v) is 6.02. The molecule has 1 aliphatic carbocycles. The lowest BCUT2D eigenvalue weighted by Crippen LogP contribution is -2.59. The van der Waals surface area contributed by atoms with Gasteiger partial charge in [0.1, 0.15) is 23.9 Å². The molecule has 0 radical (unpaired) electrons. The summed E-state index contributed by atoms with van der Waals surface area (Å²) in [6.07, 6.45) is 6.21. The molecule has 1 aliphatic heterocycles. The predicted octanol–water partition coefficient (Wildman–Crippen LogP) is 4.41. The molecule has 9 heteroatoms. The van der Waals surface area contributed by atoms with Crippen LogP contribution in [0.25, 0.3) is 0 Å². The van der Waals surface area contributed by atoms with E-state index in [1.165, 1.54) is 0 Å². The van der Waals surface area contributed by atoms with Crippen LogP contribution >= 0.6 is 0 Å². The number of hydrogen-bond acceptors (Lipinski definition) is 6. The number of nitrogens with one attached hydrogen (secondary N) is 2. The highest BCUT2D eigenvalue weighted by atomic mass is 16.5. The Labute approximate surface area is 247 Å². The quantitative estimate of drug-likeness (QED) is 0.220. The standard InChI is InChI=1S/C32H55N3O6/c1-9-41-31(40)28-24-15-12-13-22(24)19-35(28)30(39)27(21(4)5)34-29(38)26(20(2)3)33-25(37)16-11-10-14-23(36)17-18-32(6,7)8/h20-22,24,26-28H,9-19H2,1-8H3,(H,33,37)(H,34,38)/t22-,24-,26-,27-,28-/m0/s1. The summed E-state index contributed by atoms with van der Waals surface area (Å²) >= 11 is 0. The molecule has 0 aromatic heterocycles. The van der Waals surface area contributed by atoms with Gasteiger partial charge < -0.3 is 20.3 Å². The number of carbonyl (C=O) groups is 5. The first kappa shape index (κ1) is 34.7. The first-order valence-corrected chi connectivity index (χ1v) is 15.7. The highest BCUT2D eigenvalue weighted by Gasteiger charge is 2.51. The van der Waals surface area contributed by atoms with Crippen molar-refractivity contribution in [3.63, 3.8) is 0 Å². The molecule has 3 amide bonds. The molecule has 0 unspecified atom stereocenters. The Balaban J connectivity index is 1.97. The molecule has 0 bridgehead atoms. The zero-order valence-electron chi connectivity index (χ0n) is 26.7. The smallest absolute Gasteiger partial charge is 0.329 e. The van der Waals surface area contributed by atoms with Crippen LogP contribution in [0.3, 0.4) is 0 Å². The summed E-state index contributed by atoms with van der Waals surface area (Å²) in [5.41, 5.74) is 0.122. The third kappa shape index (κ3) is 10.4. The molecule has 0 aromatic carbocycles. The second kappa shape index (κ2) is 15.7. The van der Waals surface area contributed by atoms with Gasteiger partial charge in [0.15, 0.2) is 0 Å². The van der Waals surface area contributed by atoms with E-state index in [1.807, 2.05) is 27.7 Å². The number of ether oxygens (including phenoxy) is 1. The largest absolute Gasteiger partial charge is 0.464 e. The van der Waals surface area contributed by atoms with Crippen LogP contribution in [0.2, 0.25) is 0 Å². The molecule has 2 rings (SSSR count). The Morgan fingerprint density at radius 1 is 0.878 bits per heavy atom. The Hall–Kier alpha value is -2.45. The summed E-state index contributed by atoms with van der Waals surface area (Å²) in [5, 5.41) is 5.75. The Morgan fingerprint density at radius 3 is 2.10 bits per heavy atom. The van der Waals surface area contributed by atoms with E-state index >= 15 is 0 Å². The topological polar surface area (TPSA) is 122 Å². The highest BCUT2D eigenvalue weighted by Crippen LogP contribution is 2.43. The van der Waals surface area contributed by atoms with Crippen LogP contribution < -0.4 is 10.6 Å². The molecule has 0 spiro atoms. The van der Waals surface area contributed by atoms with Gasteiger partial charge in [0.05, 0.1) is 6.61 Å². The van der Waals surface area contributed by atoms with Gasteiger partial charge >= 0.3 is 5.97 Å². The summed E-state index contributed by atoms with van der Waals surface area (Å²) in [4.78, 5) is 66.6.